The van der Waals surface area contributed by atoms with Crippen LogP contribution in [0.1, 0.15) is 203 Å². The summed E-state index contributed by atoms with van der Waals surface area (Å²) in [5.74, 6) is 5.81. The lowest BCUT2D eigenvalue weighted by Crippen LogP contribution is -2.43. The molecule has 21 nitrogen and oxygen atoms in total. The number of methoxy groups -OCH3 is 5. The highest BCUT2D eigenvalue weighted by molar-refractivity contribution is 8.29. The van der Waals surface area contributed by atoms with Crippen molar-refractivity contribution in [2.24, 2.45) is 0 Å². The topological polar surface area (TPSA) is 199 Å². The van der Waals surface area contributed by atoms with Crippen LogP contribution in [-0.2, 0) is 51.9 Å². The van der Waals surface area contributed by atoms with Crippen LogP contribution in [0.3, 0.4) is 0 Å². The molecule has 0 N–H and O–H groups in total. The molecule has 0 aliphatic carbocycles. The predicted molar refractivity (Wildman–Crippen MR) is 544 cm³/mol. The number of amides is 4. The van der Waals surface area contributed by atoms with Gasteiger partial charge >= 0.3 is 0 Å². The van der Waals surface area contributed by atoms with Gasteiger partial charge in [-0.05, 0) is 242 Å². The fourth-order valence-corrected chi connectivity index (χ4v) is 30.8. The smallest absolute Gasteiger partial charge is 0.290 e. The van der Waals surface area contributed by atoms with E-state index in [1.54, 1.807) is 112 Å². The van der Waals surface area contributed by atoms with E-state index in [1.165, 1.54) is 32.7 Å². The third-order valence-electron chi connectivity index (χ3n) is 25.5. The first-order valence-corrected chi connectivity index (χ1v) is 53.1. The minimum atomic E-state index is -1.81. The summed E-state index contributed by atoms with van der Waals surface area (Å²) in [4.78, 5) is 88.2. The van der Waals surface area contributed by atoms with E-state index < -0.39 is 7.22 Å². The number of thioether (sulfide) groups is 1. The number of ether oxygens (including phenoxy) is 5. The van der Waals surface area contributed by atoms with Crippen molar-refractivity contribution in [3.05, 3.63) is 164 Å². The number of aromatic nitrogens is 8. The van der Waals surface area contributed by atoms with Gasteiger partial charge in [0.1, 0.15) is 47.2 Å². The number of nitrogens with zero attached hydrogens (tertiary/aromatic N) is 12. The molecule has 12 aromatic rings. The van der Waals surface area contributed by atoms with Gasteiger partial charge < -0.3 is 61.6 Å². The van der Waals surface area contributed by atoms with Gasteiger partial charge in [-0.1, -0.05) is 79.7 Å². The number of hydrogen-bond donors (Lipinski definition) is 1. The summed E-state index contributed by atoms with van der Waals surface area (Å²) in [6, 6.07) is 33.5. The number of benzene rings is 4. The molecule has 130 heavy (non-hydrogen) atoms. The summed E-state index contributed by atoms with van der Waals surface area (Å²) in [6.07, 6.45) is 3.28. The predicted octanol–water partition coefficient (Wildman–Crippen LogP) is 24.9. The van der Waals surface area contributed by atoms with Crippen LogP contribution in [0.2, 0.25) is 16.6 Å². The summed E-state index contributed by atoms with van der Waals surface area (Å²) in [6.45, 7) is 46.1. The lowest BCUT2D eigenvalue weighted by molar-refractivity contribution is 0.0629. The quantitative estimate of drug-likeness (QED) is 0.0429. The second kappa shape index (κ2) is 39.1. The molecule has 0 saturated carbocycles. The van der Waals surface area contributed by atoms with Gasteiger partial charge in [0, 0.05) is 114 Å². The molecule has 4 aromatic carbocycles. The molecule has 16 rings (SSSR count). The minimum absolute atomic E-state index is 0.0380. The van der Waals surface area contributed by atoms with Crippen molar-refractivity contribution in [3.63, 3.8) is 0 Å². The Kier molecular flexibility index (Phi) is 29.5. The van der Waals surface area contributed by atoms with Gasteiger partial charge in [-0.15, -0.1) is 80.9 Å². The van der Waals surface area contributed by atoms with Gasteiger partial charge in [-0.25, -0.2) is 19.9 Å². The van der Waals surface area contributed by atoms with Gasteiger partial charge in [-0.2, -0.15) is 0 Å². The molecule has 0 unspecified atom stereocenters. The summed E-state index contributed by atoms with van der Waals surface area (Å²) in [7, 11) is 14.0. The fourth-order valence-electron chi connectivity index (χ4n) is 17.4. The van der Waals surface area contributed by atoms with E-state index in [9.17, 15) is 19.2 Å². The van der Waals surface area contributed by atoms with Crippen LogP contribution in [0, 0.1) is 0 Å². The highest BCUT2D eigenvalue weighted by Crippen LogP contribution is 2.56. The van der Waals surface area contributed by atoms with Gasteiger partial charge in [0.25, 0.3) is 23.6 Å². The van der Waals surface area contributed by atoms with Crippen LogP contribution in [0.25, 0.3) is 87.3 Å². The zero-order valence-electron chi connectivity index (χ0n) is 81.0. The van der Waals surface area contributed by atoms with Crippen LogP contribution in [0.15, 0.2) is 133 Å². The van der Waals surface area contributed by atoms with Crippen LogP contribution in [0.4, 0.5) is 0 Å². The van der Waals surface area contributed by atoms with Gasteiger partial charge in [0.15, 0.2) is 34.8 Å². The van der Waals surface area contributed by atoms with Gasteiger partial charge in [-0.3, -0.25) is 19.2 Å². The monoisotopic (exact) mass is 1900 g/mol. The molecule has 0 radical (unpaired) electrons. The van der Waals surface area contributed by atoms with Crippen molar-refractivity contribution < 1.29 is 42.9 Å². The third-order valence-corrected chi connectivity index (χ3v) is 42.7. The van der Waals surface area contributed by atoms with Crippen LogP contribution in [0.5, 0.6) is 28.7 Å². The largest absolute Gasteiger partial charge is 0.496 e. The number of thiol groups is 1. The second-order valence-electron chi connectivity index (χ2n) is 38.6. The number of fused-ring (bicyclic) bond motifs is 12. The lowest BCUT2D eigenvalue weighted by atomic mass is 9.96. The van der Waals surface area contributed by atoms with Crippen molar-refractivity contribution in [2.45, 2.75) is 249 Å². The van der Waals surface area contributed by atoms with Crippen molar-refractivity contribution in [2.75, 3.05) is 63.7 Å². The number of imidazole rings is 4. The first-order valence-electron chi connectivity index (χ1n) is 44.5. The molecule has 4 amide bonds. The van der Waals surface area contributed by atoms with E-state index >= 15 is 0 Å². The van der Waals surface area contributed by atoms with Crippen molar-refractivity contribution in [3.8, 4) is 116 Å². The molecular formula is C101H128N12O9S7Si. The number of aryl methyl sites for hydroxylation is 4. The first-order chi connectivity index (χ1) is 61.3. The van der Waals surface area contributed by atoms with Crippen LogP contribution < -0.4 is 23.7 Å². The SMILES string of the molecule is COc1cc2c(cc1OC)-c1c(-c3cccs3)nc(C(=O)N(C)C(C)(C)C)n1CC2.COc1cc2c(cc1S)-c1c(-c3cccs3)nc(C(=O)N(C)C(C)(C)C)n1CC2.COc1cc2c(cc1SC(C)C)-c1c(-c3cccs3)nc(C(=O)N(C)C(C)(C)C)n1CC2.COc1cc2c(cc1S[Si](C(C)C)(C(C)C)C(C)C)-c1c(-c3cccs3)nc(C(=O)N(C)C(C)(C)C)n1CC2. The third kappa shape index (κ3) is 19.3. The summed E-state index contributed by atoms with van der Waals surface area (Å²) in [5, 5.41) is 8.64. The molecular weight excluding hydrogens is 1780 g/mol. The average Bonchev–Trinajstić information content (AvgIpc) is 1.59. The number of hydrogen-bond acceptors (Lipinski definition) is 20. The highest BCUT2D eigenvalue weighted by Gasteiger charge is 2.46. The molecule has 4 aliphatic rings. The Bertz CT molecular complexity index is 6110. The molecule has 4 aliphatic heterocycles. The Hall–Kier alpha value is -9.33. The summed E-state index contributed by atoms with van der Waals surface area (Å²) < 4.78 is 36.7. The zero-order valence-corrected chi connectivity index (χ0v) is 87.7. The van der Waals surface area contributed by atoms with E-state index in [2.05, 4.69) is 184 Å². The van der Waals surface area contributed by atoms with Gasteiger partial charge in [0.2, 0.25) is 0 Å². The summed E-state index contributed by atoms with van der Waals surface area (Å²) in [5.41, 5.74) is 17.5. The molecule has 0 fully saturated rings. The minimum Gasteiger partial charge on any atom is -0.496 e. The molecule has 29 heteroatoms. The van der Waals surface area contributed by atoms with Crippen molar-refractivity contribution in [1.29, 1.82) is 0 Å². The Morgan fingerprint density at radius 1 is 0.377 bits per heavy atom. The Morgan fingerprint density at radius 3 is 0.892 bits per heavy atom. The molecule has 8 aromatic heterocycles. The van der Waals surface area contributed by atoms with Crippen LogP contribution in [-0.4, -0.2) is 180 Å². The summed E-state index contributed by atoms with van der Waals surface area (Å²) >= 11 is 15.1. The Balaban J connectivity index is 0.000000149. The maximum atomic E-state index is 13.8. The number of thiophene rings is 4. The van der Waals surface area contributed by atoms with Crippen molar-refractivity contribution >= 4 is 112 Å². The maximum absolute atomic E-state index is 13.8. The van der Waals surface area contributed by atoms with E-state index in [1.807, 2.05) is 144 Å². The van der Waals surface area contributed by atoms with Crippen molar-refractivity contribution in [1.82, 2.24) is 57.8 Å². The van der Waals surface area contributed by atoms with E-state index in [0.717, 1.165) is 148 Å². The standard InChI is InChI=1S/C31H45N3O2S2Si.C25H31N3O2S2.C23H27N3O3S.C22H25N3O2S2/c1-19(2)39(20(3)4,21(5)6)38-26-18-23-22(17-24(26)36-11)14-15-34-28(23)27(25-13-12-16-37-25)32-29(34)30(35)33(10)31(7,8)9;1-15(2)32-20-14-17-16(13-18(20)30-7)10-11-28-22(17)21(19-9-8-12-31-19)26-23(28)24(29)27(6)25(3,4)5;1-23(2,3)25(4)22(27)21-24-19(18-8-7-11-30-18)20-15-13-17(29-6)16(28-5)12-14(15)9-10-26(20)21;1-22(2,3)24(4)21(26)20-23-18(17-7-6-10-29-17)19-14-12-16(28)15(27-5)11-13(14)8-9-25(19)20/h12-13,16-21H,14-15H2,1-11H3;8-9,12-15H,10-11H2,1-7H3;7-8,11-13H,9-10H2,1-6H3;6-7,10-12,28H,8-9H2,1-5H3. The van der Waals surface area contributed by atoms with E-state index in [4.69, 9.17) is 43.6 Å². The van der Waals surface area contributed by atoms with E-state index in [0.29, 0.717) is 69.8 Å². The molecule has 0 bridgehead atoms. The normalized spacial score (nSPS) is 13.2. The molecule has 0 spiro atoms. The second-order valence-corrected chi connectivity index (χ2v) is 53.1. The Labute approximate surface area is 799 Å². The van der Waals surface area contributed by atoms with Crippen LogP contribution >= 0.6 is 80.9 Å². The molecule has 0 atom stereocenters. The molecule has 0 saturated heterocycles. The average molecular weight is 1910 g/mol. The Morgan fingerprint density at radius 2 is 0.631 bits per heavy atom. The van der Waals surface area contributed by atoms with Gasteiger partial charge in [0.05, 0.1) is 82.7 Å². The molecule has 12 heterocycles. The molecule has 692 valence electrons. The highest BCUT2D eigenvalue weighted by atomic mass is 32.4. The fraction of sp³-hybridized carbons (Fsp3) is 0.446. The zero-order chi connectivity index (χ0) is 94.6. The maximum Gasteiger partial charge on any atom is 0.290 e. The lowest BCUT2D eigenvalue weighted by Gasteiger charge is -2.42. The number of rotatable bonds is 20. The van der Waals surface area contributed by atoms with E-state index in [-0.39, 0.29) is 45.8 Å². The number of carbonyl (C=O) groups excluding carboxylic acids is 4. The number of carbonyl (C=O) groups is 4. The first kappa shape index (κ1) is 98.2.